The van der Waals surface area contributed by atoms with Crippen LogP contribution in [0.5, 0.6) is 0 Å². The molecule has 1 aromatic heterocycles. The van der Waals surface area contributed by atoms with Gasteiger partial charge < -0.3 is 30.6 Å². The van der Waals surface area contributed by atoms with Crippen LogP contribution in [0.4, 0.5) is 5.69 Å². The monoisotopic (exact) mass is 582 g/mol. The average Bonchev–Trinajstić information content (AvgIpc) is 3.66. The summed E-state index contributed by atoms with van der Waals surface area (Å²) < 4.78 is 0. The highest BCUT2D eigenvalue weighted by molar-refractivity contribution is 7.10. The Hall–Kier alpha value is -2.95. The van der Waals surface area contributed by atoms with E-state index in [0.29, 0.717) is 18.0 Å². The van der Waals surface area contributed by atoms with Gasteiger partial charge >= 0.3 is 0 Å². The average molecular weight is 583 g/mol. The molecule has 10 heteroatoms. The van der Waals surface area contributed by atoms with Crippen molar-refractivity contribution in [2.45, 2.75) is 44.1 Å². The fraction of sp³-hybridized carbons (Fsp3) is 0.400. The number of rotatable bonds is 9. The summed E-state index contributed by atoms with van der Waals surface area (Å²) in [5, 5.41) is 30.0. The summed E-state index contributed by atoms with van der Waals surface area (Å²) >= 11 is 7.75. The molecule has 40 heavy (non-hydrogen) atoms. The molecular formula is C30H35ClN4O4S. The molecule has 1 unspecified atom stereocenters. The predicted molar refractivity (Wildman–Crippen MR) is 158 cm³/mol. The first-order valence-corrected chi connectivity index (χ1v) is 15.0. The maximum absolute atomic E-state index is 13.2. The highest BCUT2D eigenvalue weighted by Gasteiger charge is 2.38. The van der Waals surface area contributed by atoms with E-state index in [1.165, 1.54) is 11.3 Å². The molecular weight excluding hydrogens is 548 g/mol. The first-order chi connectivity index (χ1) is 19.4. The van der Waals surface area contributed by atoms with Gasteiger partial charge in [-0.2, -0.15) is 0 Å². The summed E-state index contributed by atoms with van der Waals surface area (Å²) in [6.07, 6.45) is -1.46. The SMILES string of the molecule is O=C(NCc1cc(Cc2ccccc2Cl)cs1)[C@H](O)[C@@H](O)C(=O)N1CCCC1c1cccc(N2CCNCC2)c1. The van der Waals surface area contributed by atoms with E-state index in [2.05, 4.69) is 27.7 Å². The largest absolute Gasteiger partial charge is 0.380 e. The highest BCUT2D eigenvalue weighted by atomic mass is 35.5. The van der Waals surface area contributed by atoms with Crippen LogP contribution in [0.3, 0.4) is 0 Å². The molecule has 5 rings (SSSR count). The van der Waals surface area contributed by atoms with Gasteiger partial charge in [0.05, 0.1) is 12.6 Å². The topological polar surface area (TPSA) is 105 Å². The lowest BCUT2D eigenvalue weighted by Gasteiger charge is -2.32. The molecule has 3 aromatic rings. The molecule has 2 aliphatic heterocycles. The molecule has 8 nitrogen and oxygen atoms in total. The van der Waals surface area contributed by atoms with E-state index in [0.717, 1.165) is 66.3 Å². The third-order valence-electron chi connectivity index (χ3n) is 7.59. The zero-order valence-corrected chi connectivity index (χ0v) is 23.8. The molecule has 2 aromatic carbocycles. The number of benzene rings is 2. The van der Waals surface area contributed by atoms with Crippen molar-refractivity contribution < 1.29 is 19.8 Å². The van der Waals surface area contributed by atoms with Crippen LogP contribution in [0.15, 0.2) is 60.0 Å². The minimum absolute atomic E-state index is 0.190. The van der Waals surface area contributed by atoms with Gasteiger partial charge in [-0.05, 0) is 65.6 Å². The smallest absolute Gasteiger partial charge is 0.255 e. The third kappa shape index (κ3) is 6.67. The van der Waals surface area contributed by atoms with E-state index in [1.54, 1.807) is 4.90 Å². The molecule has 2 fully saturated rings. The summed E-state index contributed by atoms with van der Waals surface area (Å²) in [7, 11) is 0. The number of anilines is 1. The Balaban J connectivity index is 1.17. The Morgan fingerprint density at radius 2 is 1.85 bits per heavy atom. The zero-order chi connectivity index (χ0) is 28.1. The first-order valence-electron chi connectivity index (χ1n) is 13.7. The van der Waals surface area contributed by atoms with Crippen molar-refractivity contribution in [2.75, 3.05) is 37.6 Å². The van der Waals surface area contributed by atoms with Gasteiger partial charge in [-0.25, -0.2) is 0 Å². The van der Waals surface area contributed by atoms with Crippen LogP contribution < -0.4 is 15.5 Å². The van der Waals surface area contributed by atoms with Crippen molar-refractivity contribution in [3.05, 3.63) is 86.6 Å². The minimum atomic E-state index is -1.86. The minimum Gasteiger partial charge on any atom is -0.380 e. The van der Waals surface area contributed by atoms with Crippen LogP contribution in [-0.2, 0) is 22.6 Å². The van der Waals surface area contributed by atoms with Gasteiger partial charge in [0, 0.05) is 48.3 Å². The molecule has 0 bridgehead atoms. The standard InChI is InChI=1S/C30H35ClN4O4S/c31-25-8-2-1-5-21(25)15-20-16-24(40-19-20)18-33-29(38)27(36)28(37)30(39)35-12-4-9-26(35)22-6-3-7-23(17-22)34-13-10-32-11-14-34/h1-3,5-8,16-17,19,26-28,32,36-37H,4,9-15,18H2,(H,33,38)/t26?,27-,28-/m1/s1. The van der Waals surface area contributed by atoms with E-state index in [-0.39, 0.29) is 12.6 Å². The normalized spacial score (nSPS) is 18.9. The second-order valence-electron chi connectivity index (χ2n) is 10.3. The van der Waals surface area contributed by atoms with Crippen molar-refractivity contribution >= 4 is 40.4 Å². The van der Waals surface area contributed by atoms with Gasteiger partial charge in [0.15, 0.2) is 12.2 Å². The number of halogens is 1. The number of nitrogens with one attached hydrogen (secondary N) is 2. The van der Waals surface area contributed by atoms with Gasteiger partial charge in [0.2, 0.25) is 0 Å². The van der Waals surface area contributed by atoms with Crippen LogP contribution in [0.25, 0.3) is 0 Å². The van der Waals surface area contributed by atoms with Crippen LogP contribution in [0.2, 0.25) is 5.02 Å². The van der Waals surface area contributed by atoms with Crippen molar-refractivity contribution in [1.82, 2.24) is 15.5 Å². The highest BCUT2D eigenvalue weighted by Crippen LogP contribution is 2.34. The fourth-order valence-electron chi connectivity index (χ4n) is 5.43. The third-order valence-corrected chi connectivity index (χ3v) is 8.95. The van der Waals surface area contributed by atoms with E-state index in [9.17, 15) is 19.8 Å². The summed E-state index contributed by atoms with van der Waals surface area (Å²) in [6, 6.07) is 17.6. The summed E-state index contributed by atoms with van der Waals surface area (Å²) in [5.41, 5.74) is 4.20. The van der Waals surface area contributed by atoms with E-state index in [4.69, 9.17) is 11.6 Å². The number of aliphatic hydroxyl groups excluding tert-OH is 2. The van der Waals surface area contributed by atoms with E-state index < -0.39 is 24.0 Å². The molecule has 4 N–H and O–H groups in total. The Morgan fingerprint density at radius 1 is 1.05 bits per heavy atom. The maximum atomic E-state index is 13.2. The number of piperazine rings is 1. The number of thiophene rings is 1. The lowest BCUT2D eigenvalue weighted by molar-refractivity contribution is -0.153. The second kappa shape index (κ2) is 13.1. The van der Waals surface area contributed by atoms with Crippen molar-refractivity contribution in [2.24, 2.45) is 0 Å². The Bertz CT molecular complexity index is 1330. The Morgan fingerprint density at radius 3 is 2.65 bits per heavy atom. The number of carbonyl (C=O) groups is 2. The number of amides is 2. The Kier molecular flexibility index (Phi) is 9.39. The summed E-state index contributed by atoms with van der Waals surface area (Å²) in [4.78, 5) is 30.7. The van der Waals surface area contributed by atoms with Gasteiger partial charge in [-0.15, -0.1) is 11.3 Å². The van der Waals surface area contributed by atoms with Crippen LogP contribution in [-0.4, -0.2) is 71.9 Å². The molecule has 0 saturated carbocycles. The van der Waals surface area contributed by atoms with Crippen molar-refractivity contribution in [3.8, 4) is 0 Å². The molecule has 2 amide bonds. The molecule has 0 aliphatic carbocycles. The van der Waals surface area contributed by atoms with Crippen LogP contribution in [0.1, 0.15) is 40.5 Å². The summed E-state index contributed by atoms with van der Waals surface area (Å²) in [6.45, 7) is 4.36. The molecule has 0 spiro atoms. The second-order valence-corrected chi connectivity index (χ2v) is 11.7. The molecule has 0 radical (unpaired) electrons. The maximum Gasteiger partial charge on any atom is 0.255 e. The molecule has 3 atom stereocenters. The van der Waals surface area contributed by atoms with Gasteiger partial charge in [-0.1, -0.05) is 41.9 Å². The number of aliphatic hydroxyl groups is 2. The molecule has 2 aliphatic rings. The number of likely N-dealkylation sites (tertiary alicyclic amines) is 1. The van der Waals surface area contributed by atoms with Crippen LogP contribution >= 0.6 is 22.9 Å². The summed E-state index contributed by atoms with van der Waals surface area (Å²) in [5.74, 6) is -1.41. The lowest BCUT2D eigenvalue weighted by atomic mass is 10.0. The fourth-order valence-corrected chi connectivity index (χ4v) is 6.46. The van der Waals surface area contributed by atoms with Gasteiger partial charge in [0.25, 0.3) is 11.8 Å². The molecule has 3 heterocycles. The lowest BCUT2D eigenvalue weighted by Crippen LogP contribution is -2.50. The van der Waals surface area contributed by atoms with Gasteiger partial charge in [-0.3, -0.25) is 9.59 Å². The first kappa shape index (κ1) is 28.6. The molecule has 2 saturated heterocycles. The quantitative estimate of drug-likeness (QED) is 0.309. The van der Waals surface area contributed by atoms with Crippen LogP contribution in [0, 0.1) is 0 Å². The van der Waals surface area contributed by atoms with E-state index >= 15 is 0 Å². The zero-order valence-electron chi connectivity index (χ0n) is 22.3. The van der Waals surface area contributed by atoms with E-state index in [1.807, 2.05) is 47.8 Å². The Labute approximate surface area is 243 Å². The number of hydrogen-bond donors (Lipinski definition) is 4. The number of hydrogen-bond acceptors (Lipinski definition) is 7. The number of nitrogens with zero attached hydrogens (tertiary/aromatic N) is 2. The molecule has 212 valence electrons. The number of carbonyl (C=O) groups excluding carboxylic acids is 2. The van der Waals surface area contributed by atoms with Crippen molar-refractivity contribution in [1.29, 1.82) is 0 Å². The van der Waals surface area contributed by atoms with Gasteiger partial charge in [0.1, 0.15) is 0 Å². The van der Waals surface area contributed by atoms with Crippen molar-refractivity contribution in [3.63, 3.8) is 0 Å². The predicted octanol–water partition coefficient (Wildman–Crippen LogP) is 3.10.